The summed E-state index contributed by atoms with van der Waals surface area (Å²) in [5, 5.41) is 4.94. The maximum absolute atomic E-state index is 13.3. The summed E-state index contributed by atoms with van der Waals surface area (Å²) in [5.41, 5.74) is 2.07. The highest BCUT2D eigenvalue weighted by molar-refractivity contribution is 6.33. The molecule has 0 radical (unpaired) electrons. The highest BCUT2D eigenvalue weighted by Crippen LogP contribution is 2.32. The monoisotopic (exact) mass is 485 g/mol. The van der Waals surface area contributed by atoms with Gasteiger partial charge >= 0.3 is 6.18 Å². The molecular weight excluding hydrogens is 467 g/mol. The fraction of sp³-hybridized carbons (Fsp3) is 0.208. The molecule has 0 saturated carbocycles. The number of carbonyl (C=O) groups excluding carboxylic acids is 1. The molecule has 0 spiro atoms. The quantitative estimate of drug-likeness (QED) is 0.408. The van der Waals surface area contributed by atoms with Crippen LogP contribution in [0.2, 0.25) is 5.02 Å². The van der Waals surface area contributed by atoms with E-state index in [0.29, 0.717) is 53.8 Å². The zero-order chi connectivity index (χ0) is 23.9. The Morgan fingerprint density at radius 1 is 0.971 bits per heavy atom. The van der Waals surface area contributed by atoms with Gasteiger partial charge in [-0.05, 0) is 30.3 Å². The zero-order valence-corrected chi connectivity index (χ0v) is 18.6. The van der Waals surface area contributed by atoms with E-state index in [0.717, 1.165) is 17.7 Å². The molecule has 1 fully saturated rings. The number of amides is 1. The minimum atomic E-state index is -4.40. The second-order valence-electron chi connectivity index (χ2n) is 7.93. The topological polar surface area (TPSA) is 53.7 Å². The lowest BCUT2D eigenvalue weighted by Crippen LogP contribution is -2.48. The van der Waals surface area contributed by atoms with Crippen LogP contribution in [0.5, 0.6) is 0 Å². The second kappa shape index (κ2) is 8.64. The van der Waals surface area contributed by atoms with Crippen LogP contribution in [0.3, 0.4) is 0 Å². The molecule has 6 nitrogen and oxygen atoms in total. The van der Waals surface area contributed by atoms with Gasteiger partial charge in [0.15, 0.2) is 5.65 Å². The van der Waals surface area contributed by atoms with Gasteiger partial charge in [-0.2, -0.15) is 18.3 Å². The number of piperazine rings is 1. The third-order valence-corrected chi connectivity index (χ3v) is 6.22. The molecule has 0 atom stereocenters. The number of fused-ring (bicyclic) bond motifs is 1. The lowest BCUT2D eigenvalue weighted by Gasteiger charge is -2.36. The predicted molar refractivity (Wildman–Crippen MR) is 123 cm³/mol. The van der Waals surface area contributed by atoms with Gasteiger partial charge in [0, 0.05) is 48.6 Å². The Labute approximate surface area is 198 Å². The Morgan fingerprint density at radius 2 is 1.74 bits per heavy atom. The molecule has 2 aromatic carbocycles. The lowest BCUT2D eigenvalue weighted by molar-refractivity contribution is -0.137. The van der Waals surface area contributed by atoms with E-state index in [4.69, 9.17) is 11.6 Å². The first-order chi connectivity index (χ1) is 16.3. The molecule has 1 amide bonds. The summed E-state index contributed by atoms with van der Waals surface area (Å²) in [6, 6.07) is 14.4. The molecule has 1 aliphatic heterocycles. The minimum Gasteiger partial charge on any atom is -0.368 e. The number of aromatic nitrogens is 3. The maximum atomic E-state index is 13.3. The molecule has 0 N–H and O–H groups in total. The molecule has 3 heterocycles. The van der Waals surface area contributed by atoms with E-state index in [1.807, 2.05) is 23.1 Å². The normalized spacial score (nSPS) is 14.6. The molecule has 0 bridgehead atoms. The summed E-state index contributed by atoms with van der Waals surface area (Å²) < 4.78 is 40.8. The van der Waals surface area contributed by atoms with E-state index in [1.165, 1.54) is 12.3 Å². The SMILES string of the molecule is O=C(c1cnn2c(-c3ccccc3Cl)ccnc12)N1CCN(c2cccc(C(F)(F)F)c2)CC1. The Balaban J connectivity index is 1.35. The average Bonchev–Trinajstić information content (AvgIpc) is 3.28. The molecular formula is C24H19ClF3N5O. The number of nitrogens with zero attached hydrogens (tertiary/aromatic N) is 5. The van der Waals surface area contributed by atoms with Crippen molar-refractivity contribution < 1.29 is 18.0 Å². The summed E-state index contributed by atoms with van der Waals surface area (Å²) in [4.78, 5) is 21.1. The van der Waals surface area contributed by atoms with Crippen LogP contribution in [-0.2, 0) is 6.18 Å². The van der Waals surface area contributed by atoms with Crippen LogP contribution in [-0.4, -0.2) is 51.6 Å². The fourth-order valence-electron chi connectivity index (χ4n) is 4.13. The van der Waals surface area contributed by atoms with Gasteiger partial charge in [0.2, 0.25) is 0 Å². The number of carbonyl (C=O) groups is 1. The number of halogens is 4. The molecule has 1 saturated heterocycles. The number of rotatable bonds is 3. The summed E-state index contributed by atoms with van der Waals surface area (Å²) in [6.45, 7) is 1.59. The zero-order valence-electron chi connectivity index (χ0n) is 17.8. The Morgan fingerprint density at radius 3 is 2.47 bits per heavy atom. The van der Waals surface area contributed by atoms with Crippen molar-refractivity contribution in [2.45, 2.75) is 6.18 Å². The van der Waals surface area contributed by atoms with Crippen LogP contribution in [0, 0.1) is 0 Å². The number of anilines is 1. The van der Waals surface area contributed by atoms with Crippen LogP contribution >= 0.6 is 11.6 Å². The van der Waals surface area contributed by atoms with Crippen LogP contribution < -0.4 is 4.90 Å². The molecule has 5 rings (SSSR count). The fourth-order valence-corrected chi connectivity index (χ4v) is 4.36. The van der Waals surface area contributed by atoms with E-state index in [9.17, 15) is 18.0 Å². The van der Waals surface area contributed by atoms with Gasteiger partial charge in [0.1, 0.15) is 5.56 Å². The van der Waals surface area contributed by atoms with Gasteiger partial charge in [-0.3, -0.25) is 4.79 Å². The standard InChI is InChI=1S/C24H19ClF3N5O/c25-20-7-2-1-6-18(20)21-8-9-29-22-19(15-30-33(21)22)23(34)32-12-10-31(11-13-32)17-5-3-4-16(14-17)24(26,27)28/h1-9,14-15H,10-13H2. The van der Waals surface area contributed by atoms with Gasteiger partial charge in [-0.1, -0.05) is 35.9 Å². The van der Waals surface area contributed by atoms with Crippen LogP contribution in [0.15, 0.2) is 67.0 Å². The van der Waals surface area contributed by atoms with E-state index >= 15 is 0 Å². The highest BCUT2D eigenvalue weighted by atomic mass is 35.5. The van der Waals surface area contributed by atoms with Crippen molar-refractivity contribution in [1.29, 1.82) is 0 Å². The molecule has 34 heavy (non-hydrogen) atoms. The number of benzene rings is 2. The van der Waals surface area contributed by atoms with Gasteiger partial charge in [-0.25, -0.2) is 9.50 Å². The van der Waals surface area contributed by atoms with Gasteiger partial charge in [0.05, 0.1) is 17.5 Å². The van der Waals surface area contributed by atoms with Gasteiger partial charge in [-0.15, -0.1) is 0 Å². The Hall–Kier alpha value is -3.59. The van der Waals surface area contributed by atoms with Gasteiger partial charge in [0.25, 0.3) is 5.91 Å². The van der Waals surface area contributed by atoms with E-state index in [-0.39, 0.29) is 5.91 Å². The maximum Gasteiger partial charge on any atom is 0.416 e. The summed E-state index contributed by atoms with van der Waals surface area (Å²) in [7, 11) is 0. The van der Waals surface area contributed by atoms with Crippen LogP contribution in [0.25, 0.3) is 16.9 Å². The first-order valence-electron chi connectivity index (χ1n) is 10.6. The van der Waals surface area contributed by atoms with Crippen molar-refractivity contribution in [2.75, 3.05) is 31.1 Å². The van der Waals surface area contributed by atoms with Crippen molar-refractivity contribution in [1.82, 2.24) is 19.5 Å². The van der Waals surface area contributed by atoms with Crippen LogP contribution in [0.4, 0.5) is 18.9 Å². The summed E-state index contributed by atoms with van der Waals surface area (Å²) >= 11 is 6.35. The van der Waals surface area contributed by atoms with Crippen molar-refractivity contribution in [3.8, 4) is 11.3 Å². The Kier molecular flexibility index (Phi) is 5.65. The smallest absolute Gasteiger partial charge is 0.368 e. The molecule has 0 aliphatic carbocycles. The van der Waals surface area contributed by atoms with Crippen LogP contribution in [0.1, 0.15) is 15.9 Å². The molecule has 0 unspecified atom stereocenters. The van der Waals surface area contributed by atoms with E-state index in [2.05, 4.69) is 10.1 Å². The molecule has 1 aliphatic rings. The predicted octanol–water partition coefficient (Wildman–Crippen LogP) is 5.03. The first-order valence-corrected chi connectivity index (χ1v) is 11.0. The van der Waals surface area contributed by atoms with Crippen molar-refractivity contribution >= 4 is 28.8 Å². The number of alkyl halides is 3. The first kappa shape index (κ1) is 22.2. The summed E-state index contributed by atoms with van der Waals surface area (Å²) in [5.74, 6) is -0.220. The number of hydrogen-bond donors (Lipinski definition) is 0. The van der Waals surface area contributed by atoms with Crippen molar-refractivity contribution in [3.05, 3.63) is 83.1 Å². The van der Waals surface area contributed by atoms with E-state index in [1.54, 1.807) is 33.8 Å². The Bertz CT molecular complexity index is 1360. The summed E-state index contributed by atoms with van der Waals surface area (Å²) in [6.07, 6.45) is -1.30. The highest BCUT2D eigenvalue weighted by Gasteiger charge is 2.31. The van der Waals surface area contributed by atoms with Crippen molar-refractivity contribution in [3.63, 3.8) is 0 Å². The molecule has 10 heteroatoms. The minimum absolute atomic E-state index is 0.220. The second-order valence-corrected chi connectivity index (χ2v) is 8.34. The average molecular weight is 486 g/mol. The largest absolute Gasteiger partial charge is 0.416 e. The van der Waals surface area contributed by atoms with E-state index < -0.39 is 11.7 Å². The number of hydrogen-bond acceptors (Lipinski definition) is 4. The molecule has 2 aromatic heterocycles. The third kappa shape index (κ3) is 4.07. The molecule has 4 aromatic rings. The molecule has 174 valence electrons. The van der Waals surface area contributed by atoms with Crippen molar-refractivity contribution in [2.24, 2.45) is 0 Å². The van der Waals surface area contributed by atoms with Gasteiger partial charge < -0.3 is 9.80 Å². The third-order valence-electron chi connectivity index (χ3n) is 5.89. The lowest BCUT2D eigenvalue weighted by atomic mass is 10.1.